The molecule has 4 heteroatoms. The van der Waals surface area contributed by atoms with Crippen LogP contribution in [0, 0.1) is 24.3 Å². The summed E-state index contributed by atoms with van der Waals surface area (Å²) in [7, 11) is 0. The predicted molar refractivity (Wildman–Crippen MR) is 237 cm³/mol. The molecule has 0 saturated carbocycles. The fourth-order valence-electron chi connectivity index (χ4n) is 6.05. The maximum atomic E-state index is 3.30. The van der Waals surface area contributed by atoms with Crippen LogP contribution in [0.2, 0.25) is 0 Å². The summed E-state index contributed by atoms with van der Waals surface area (Å²) in [5.74, 6) is 0. The molecule has 0 spiro atoms. The van der Waals surface area contributed by atoms with Crippen LogP contribution in [0.1, 0.15) is 60.1 Å². The first-order chi connectivity index (χ1) is 26.5. The van der Waals surface area contributed by atoms with Gasteiger partial charge in [-0.3, -0.25) is 12.2 Å². The van der Waals surface area contributed by atoms with Crippen molar-refractivity contribution >= 4 is 31.3 Å². The van der Waals surface area contributed by atoms with Crippen LogP contribution in [0.5, 0.6) is 0 Å². The van der Waals surface area contributed by atoms with Gasteiger partial charge >= 0.3 is 140 Å². The monoisotopic (exact) mass is 1100 g/mol. The Morgan fingerprint density at radius 3 is 1.11 bits per heavy atom. The van der Waals surface area contributed by atoms with E-state index in [1.807, 2.05) is 48.6 Å². The second-order valence-corrected chi connectivity index (χ2v) is 18.2. The molecule has 0 atom stereocenters. The number of hydrogen-bond acceptors (Lipinski definition) is 0. The Kier molecular flexibility index (Phi) is 21.9. The van der Waals surface area contributed by atoms with Gasteiger partial charge in [-0.2, -0.15) is 71.8 Å². The summed E-state index contributed by atoms with van der Waals surface area (Å²) < 4.78 is 3.02. The zero-order valence-electron chi connectivity index (χ0n) is 32.0. The van der Waals surface area contributed by atoms with E-state index in [9.17, 15) is 0 Å². The first kappa shape index (κ1) is 46.7. The summed E-state index contributed by atoms with van der Waals surface area (Å²) in [6, 6.07) is 57.3. The third-order valence-electron chi connectivity index (χ3n) is 8.82. The molecule has 6 aromatic carbocycles. The van der Waals surface area contributed by atoms with Gasteiger partial charge in [-0.25, -0.2) is 24.3 Å². The average Bonchev–Trinajstić information content (AvgIpc) is 4.08. The van der Waals surface area contributed by atoms with Crippen molar-refractivity contribution in [2.45, 2.75) is 39.5 Å². The Morgan fingerprint density at radius 2 is 0.804 bits per heavy atom. The van der Waals surface area contributed by atoms with E-state index in [-0.39, 0.29) is 24.8 Å². The van der Waals surface area contributed by atoms with Gasteiger partial charge in [-0.05, 0) is 12.8 Å². The molecule has 0 N–H and O–H groups in total. The van der Waals surface area contributed by atoms with Crippen LogP contribution in [0.3, 0.4) is 0 Å². The third kappa shape index (κ3) is 15.0. The molecule has 0 nitrogen and oxygen atoms in total. The summed E-state index contributed by atoms with van der Waals surface area (Å²) in [6.07, 6.45) is 22.1. The number of rotatable bonds is 2. The van der Waals surface area contributed by atoms with Gasteiger partial charge in [-0.15, -0.1) is 48.8 Å². The van der Waals surface area contributed by atoms with Crippen LogP contribution in [0.15, 0.2) is 182 Å². The molecule has 10 rings (SSSR count). The second kappa shape index (κ2) is 26.3. The maximum absolute atomic E-state index is 3.30. The zero-order chi connectivity index (χ0) is 37.8. The van der Waals surface area contributed by atoms with Crippen molar-refractivity contribution in [2.24, 2.45) is 0 Å². The van der Waals surface area contributed by atoms with Crippen molar-refractivity contribution in [1.82, 2.24) is 0 Å². The molecular weight excluding hydrogens is 1050 g/mol. The number of halogens is 2. The molecule has 0 aromatic heterocycles. The topological polar surface area (TPSA) is 0 Å². The van der Waals surface area contributed by atoms with E-state index in [1.165, 1.54) is 110 Å². The van der Waals surface area contributed by atoms with E-state index >= 15 is 0 Å². The van der Waals surface area contributed by atoms with Gasteiger partial charge in [0.2, 0.25) is 0 Å². The number of benzene rings is 6. The van der Waals surface area contributed by atoms with Gasteiger partial charge in [0.05, 0.1) is 0 Å². The SMILES string of the molecule is C[C](=[Hf+2])c1ccccc1.C[C](=[Hf+2])c1ccccc1.Cl.Cl.[C-]1=CC=CC1.[C-]1=CC=CC1.[c-]1cccc2c1Cc1ccccc1-2.[c-]1cccc2c1Cc1ccccc1-2. The largest absolute Gasteiger partial charge is 0.273 e. The van der Waals surface area contributed by atoms with Crippen molar-refractivity contribution in [1.29, 1.82) is 0 Å². The molecule has 4 aliphatic rings. The Labute approximate surface area is 377 Å². The van der Waals surface area contributed by atoms with Crippen LogP contribution in [0.25, 0.3) is 22.3 Å². The molecule has 0 bridgehead atoms. The molecule has 0 amide bonds. The summed E-state index contributed by atoms with van der Waals surface area (Å²) >= 11 is 2.35. The van der Waals surface area contributed by atoms with Gasteiger partial charge in [0.25, 0.3) is 0 Å². The van der Waals surface area contributed by atoms with Crippen molar-refractivity contribution < 1.29 is 47.8 Å². The van der Waals surface area contributed by atoms with Crippen LogP contribution in [-0.2, 0) is 60.6 Å². The molecule has 0 aliphatic heterocycles. The van der Waals surface area contributed by atoms with Crippen molar-refractivity contribution in [3.63, 3.8) is 0 Å². The third-order valence-corrected chi connectivity index (χ3v) is 10.9. The average molecular weight is 1100 g/mol. The van der Waals surface area contributed by atoms with Crippen LogP contribution >= 0.6 is 24.8 Å². The molecular formula is C52H46Cl2Hf2. The first-order valence-electron chi connectivity index (χ1n) is 18.3. The molecule has 276 valence electrons. The van der Waals surface area contributed by atoms with Crippen molar-refractivity contribution in [3.8, 4) is 22.3 Å². The Hall–Kier alpha value is -3.66. The Bertz CT molecular complexity index is 1960. The Morgan fingerprint density at radius 1 is 0.446 bits per heavy atom. The van der Waals surface area contributed by atoms with Crippen LogP contribution in [0.4, 0.5) is 0 Å². The van der Waals surface area contributed by atoms with E-state index in [4.69, 9.17) is 0 Å². The molecule has 0 heterocycles. The molecule has 6 aromatic rings. The minimum absolute atomic E-state index is 0. The normalized spacial score (nSPS) is 11.8. The molecule has 0 saturated heterocycles. The van der Waals surface area contributed by atoms with E-state index in [0.717, 1.165) is 25.7 Å². The standard InChI is InChI=1S/2C13H9.2C8H8.2C5H5.2ClH.2Hf/c2*1-3-7-12-10(5-1)9-11-6-2-4-8-13(11)12;2*1-2-8-6-4-3-5-7-8;2*1-2-4-5-3-1;;;;/h2*1-5,7-8H,9H2;2*3-7H,1H3;2*1-3H,4H2;2*1H;;/q2*-1;;;2*-1;;;2*+2. The van der Waals surface area contributed by atoms with E-state index < -0.39 is 0 Å². The zero-order valence-corrected chi connectivity index (χ0v) is 40.8. The quantitative estimate of drug-likeness (QED) is 0.120. The summed E-state index contributed by atoms with van der Waals surface area (Å²) in [6.45, 7) is 4.36. The fourth-order valence-corrected chi connectivity index (χ4v) is 7.25. The molecule has 56 heavy (non-hydrogen) atoms. The maximum Gasteiger partial charge on any atom is -0.0253 e. The molecule has 4 aliphatic carbocycles. The number of allylic oxidation sites excluding steroid dienone is 8. The van der Waals surface area contributed by atoms with E-state index in [0.29, 0.717) is 0 Å². The van der Waals surface area contributed by atoms with Gasteiger partial charge in [-0.1, -0.05) is 70.8 Å². The van der Waals surface area contributed by atoms with Crippen LogP contribution in [-0.4, -0.2) is 6.51 Å². The molecule has 0 radical (unpaired) electrons. The van der Waals surface area contributed by atoms with Gasteiger partial charge in [0.1, 0.15) is 0 Å². The smallest absolute Gasteiger partial charge is 0.0253 e. The van der Waals surface area contributed by atoms with Crippen molar-refractivity contribution in [3.05, 3.63) is 240 Å². The summed E-state index contributed by atoms with van der Waals surface area (Å²) in [4.78, 5) is 0. The summed E-state index contributed by atoms with van der Waals surface area (Å²) in [5, 5.41) is 0. The molecule has 0 fully saturated rings. The Balaban J connectivity index is 0.000000185. The van der Waals surface area contributed by atoms with Crippen molar-refractivity contribution in [2.75, 3.05) is 0 Å². The predicted octanol–water partition coefficient (Wildman–Crippen LogP) is 13.1. The van der Waals surface area contributed by atoms with Gasteiger partial charge in [0, 0.05) is 0 Å². The number of hydrogen-bond donors (Lipinski definition) is 0. The molecule has 0 unspecified atom stereocenters. The van der Waals surface area contributed by atoms with E-state index in [1.54, 1.807) is 0 Å². The first-order valence-corrected chi connectivity index (χ1v) is 21.9. The van der Waals surface area contributed by atoms with Gasteiger partial charge < -0.3 is 0 Å². The van der Waals surface area contributed by atoms with Crippen LogP contribution < -0.4 is 0 Å². The van der Waals surface area contributed by atoms with E-state index in [2.05, 4.69) is 172 Å². The number of fused-ring (bicyclic) bond motifs is 6. The van der Waals surface area contributed by atoms with Gasteiger partial charge in [0.15, 0.2) is 0 Å². The summed E-state index contributed by atoms with van der Waals surface area (Å²) in [5.41, 5.74) is 13.8. The minimum Gasteiger partial charge on any atom is -0.273 e. The second-order valence-electron chi connectivity index (χ2n) is 12.8. The fraction of sp³-hybridized carbons (Fsp3) is 0.115. The minimum atomic E-state index is 0.